The van der Waals surface area contributed by atoms with E-state index in [-0.39, 0.29) is 0 Å². The lowest BCUT2D eigenvalue weighted by molar-refractivity contribution is 0.301. The summed E-state index contributed by atoms with van der Waals surface area (Å²) in [5.41, 5.74) is 2.27. The first-order chi connectivity index (χ1) is 11.3. The van der Waals surface area contributed by atoms with Crippen LogP contribution in [0.4, 0.5) is 0 Å². The van der Waals surface area contributed by atoms with Gasteiger partial charge in [0, 0.05) is 13.0 Å². The quantitative estimate of drug-likeness (QED) is 0.617. The Hall–Kier alpha value is -2.49. The number of hydrogen-bond acceptors (Lipinski definition) is 3. The zero-order chi connectivity index (χ0) is 16.1. The Labute approximate surface area is 136 Å². The number of hydrogen-bond donors (Lipinski definition) is 0. The van der Waals surface area contributed by atoms with Crippen molar-refractivity contribution in [2.75, 3.05) is 13.7 Å². The molecule has 4 heteroatoms. The molecule has 3 aromatic rings. The average molecular weight is 310 g/mol. The highest BCUT2D eigenvalue weighted by Gasteiger charge is 2.08. The van der Waals surface area contributed by atoms with Crippen LogP contribution in [0.3, 0.4) is 0 Å². The molecule has 1 heterocycles. The predicted octanol–water partition coefficient (Wildman–Crippen LogP) is 4.08. The fraction of sp³-hybridized carbons (Fsp3) is 0.316. The van der Waals surface area contributed by atoms with Crippen LogP contribution < -0.4 is 9.47 Å². The highest BCUT2D eigenvalue weighted by molar-refractivity contribution is 5.75. The fourth-order valence-corrected chi connectivity index (χ4v) is 2.73. The Bertz CT molecular complexity index is 763. The average Bonchev–Trinajstić information content (AvgIpc) is 2.97. The number of aryl methyl sites for hydroxylation is 2. The van der Waals surface area contributed by atoms with Gasteiger partial charge in [0.15, 0.2) is 0 Å². The molecule has 0 radical (unpaired) electrons. The second kappa shape index (κ2) is 7.18. The topological polar surface area (TPSA) is 36.3 Å². The number of fused-ring (bicyclic) bond motifs is 1. The molecule has 0 fully saturated rings. The van der Waals surface area contributed by atoms with Gasteiger partial charge in [0.1, 0.15) is 17.3 Å². The molecule has 0 bridgehead atoms. The lowest BCUT2D eigenvalue weighted by Crippen LogP contribution is -2.07. The molecule has 120 valence electrons. The molecule has 0 saturated carbocycles. The molecule has 0 spiro atoms. The van der Waals surface area contributed by atoms with Gasteiger partial charge in [0.05, 0.1) is 24.8 Å². The Balaban J connectivity index is 1.60. The van der Waals surface area contributed by atoms with Crippen LogP contribution in [-0.4, -0.2) is 23.3 Å². The van der Waals surface area contributed by atoms with E-state index in [1.165, 1.54) is 5.52 Å². The Kier molecular flexibility index (Phi) is 4.81. The molecule has 3 rings (SSSR count). The number of para-hydroxylation sites is 2. The van der Waals surface area contributed by atoms with E-state index >= 15 is 0 Å². The summed E-state index contributed by atoms with van der Waals surface area (Å²) in [6.07, 6.45) is 1.88. The van der Waals surface area contributed by atoms with E-state index in [0.717, 1.165) is 42.2 Å². The number of methoxy groups -OCH3 is 1. The summed E-state index contributed by atoms with van der Waals surface area (Å²) in [7, 11) is 1.66. The Morgan fingerprint density at radius 2 is 1.74 bits per heavy atom. The minimum absolute atomic E-state index is 0.683. The van der Waals surface area contributed by atoms with Crippen molar-refractivity contribution < 1.29 is 9.47 Å². The summed E-state index contributed by atoms with van der Waals surface area (Å²) in [6, 6.07) is 16.0. The second-order valence-electron chi connectivity index (χ2n) is 5.40. The lowest BCUT2D eigenvalue weighted by atomic mass is 10.3. The molecule has 4 nitrogen and oxygen atoms in total. The largest absolute Gasteiger partial charge is 0.497 e. The molecule has 0 aliphatic heterocycles. The van der Waals surface area contributed by atoms with Gasteiger partial charge in [-0.2, -0.15) is 0 Å². The molecule has 1 aromatic heterocycles. The predicted molar refractivity (Wildman–Crippen MR) is 92.2 cm³/mol. The monoisotopic (exact) mass is 310 g/mol. The molecule has 23 heavy (non-hydrogen) atoms. The van der Waals surface area contributed by atoms with Crippen molar-refractivity contribution >= 4 is 11.0 Å². The molecule has 0 aliphatic rings. The third-order valence-corrected chi connectivity index (χ3v) is 3.90. The van der Waals surface area contributed by atoms with Gasteiger partial charge in [-0.3, -0.25) is 0 Å². The highest BCUT2D eigenvalue weighted by atomic mass is 16.5. The zero-order valence-corrected chi connectivity index (χ0v) is 13.7. The van der Waals surface area contributed by atoms with Gasteiger partial charge in [-0.1, -0.05) is 19.1 Å². The van der Waals surface area contributed by atoms with Gasteiger partial charge in [0.25, 0.3) is 0 Å². The summed E-state index contributed by atoms with van der Waals surface area (Å²) in [4.78, 5) is 4.70. The maximum Gasteiger partial charge on any atom is 0.119 e. The standard InChI is InChI=1S/C19H22N2O2/c1-3-19-20-17-7-4-5-8-18(17)21(19)13-6-14-23-16-11-9-15(22-2)10-12-16/h4-5,7-12H,3,6,13-14H2,1-2H3. The van der Waals surface area contributed by atoms with Crippen LogP contribution in [0.5, 0.6) is 11.5 Å². The van der Waals surface area contributed by atoms with E-state index in [1.54, 1.807) is 7.11 Å². The normalized spacial score (nSPS) is 10.9. The van der Waals surface area contributed by atoms with Crippen LogP contribution in [-0.2, 0) is 13.0 Å². The number of benzene rings is 2. The van der Waals surface area contributed by atoms with Crippen molar-refractivity contribution in [2.24, 2.45) is 0 Å². The van der Waals surface area contributed by atoms with Crippen LogP contribution in [0, 0.1) is 0 Å². The van der Waals surface area contributed by atoms with E-state index in [1.807, 2.05) is 30.3 Å². The first kappa shape index (κ1) is 15.4. The molecule has 0 amide bonds. The minimum atomic E-state index is 0.683. The second-order valence-corrected chi connectivity index (χ2v) is 5.40. The molecule has 0 aliphatic carbocycles. The summed E-state index contributed by atoms with van der Waals surface area (Å²) in [5, 5.41) is 0. The van der Waals surface area contributed by atoms with Gasteiger partial charge in [0.2, 0.25) is 0 Å². The molecule has 0 N–H and O–H groups in total. The van der Waals surface area contributed by atoms with Crippen molar-refractivity contribution in [1.29, 1.82) is 0 Å². The number of aromatic nitrogens is 2. The molecular formula is C19H22N2O2. The molecule has 2 aromatic carbocycles. The Morgan fingerprint density at radius 1 is 1.00 bits per heavy atom. The van der Waals surface area contributed by atoms with Gasteiger partial charge in [-0.05, 0) is 42.8 Å². The first-order valence-electron chi connectivity index (χ1n) is 8.03. The van der Waals surface area contributed by atoms with E-state index in [2.05, 4.69) is 29.7 Å². The smallest absolute Gasteiger partial charge is 0.119 e. The summed E-state index contributed by atoms with van der Waals surface area (Å²) < 4.78 is 13.2. The first-order valence-corrected chi connectivity index (χ1v) is 8.03. The number of nitrogens with zero attached hydrogens (tertiary/aromatic N) is 2. The van der Waals surface area contributed by atoms with Crippen LogP contribution >= 0.6 is 0 Å². The maximum atomic E-state index is 5.80. The van der Waals surface area contributed by atoms with Gasteiger partial charge >= 0.3 is 0 Å². The lowest BCUT2D eigenvalue weighted by Gasteiger charge is -2.10. The zero-order valence-electron chi connectivity index (χ0n) is 13.7. The maximum absolute atomic E-state index is 5.80. The van der Waals surface area contributed by atoms with Crippen LogP contribution in [0.1, 0.15) is 19.2 Å². The van der Waals surface area contributed by atoms with E-state index in [4.69, 9.17) is 14.5 Å². The SMILES string of the molecule is CCc1nc2ccccc2n1CCCOc1ccc(OC)cc1. The molecule has 0 atom stereocenters. The molecule has 0 unspecified atom stereocenters. The van der Waals surface area contributed by atoms with Crippen molar-refractivity contribution in [3.05, 3.63) is 54.4 Å². The number of ether oxygens (including phenoxy) is 2. The van der Waals surface area contributed by atoms with Gasteiger partial charge < -0.3 is 14.0 Å². The van der Waals surface area contributed by atoms with Crippen LogP contribution in [0.25, 0.3) is 11.0 Å². The number of rotatable bonds is 7. The van der Waals surface area contributed by atoms with E-state index in [0.29, 0.717) is 6.61 Å². The highest BCUT2D eigenvalue weighted by Crippen LogP contribution is 2.19. The minimum Gasteiger partial charge on any atom is -0.497 e. The molecular weight excluding hydrogens is 288 g/mol. The number of imidazole rings is 1. The third-order valence-electron chi connectivity index (χ3n) is 3.90. The van der Waals surface area contributed by atoms with E-state index < -0.39 is 0 Å². The van der Waals surface area contributed by atoms with Crippen molar-refractivity contribution in [2.45, 2.75) is 26.3 Å². The summed E-state index contributed by atoms with van der Waals surface area (Å²) in [5.74, 6) is 2.85. The van der Waals surface area contributed by atoms with Crippen LogP contribution in [0.2, 0.25) is 0 Å². The molecule has 0 saturated heterocycles. The van der Waals surface area contributed by atoms with Crippen molar-refractivity contribution in [1.82, 2.24) is 9.55 Å². The van der Waals surface area contributed by atoms with Gasteiger partial charge in [-0.15, -0.1) is 0 Å². The van der Waals surface area contributed by atoms with Crippen molar-refractivity contribution in [3.8, 4) is 11.5 Å². The fourth-order valence-electron chi connectivity index (χ4n) is 2.73. The summed E-state index contributed by atoms with van der Waals surface area (Å²) >= 11 is 0. The van der Waals surface area contributed by atoms with E-state index in [9.17, 15) is 0 Å². The van der Waals surface area contributed by atoms with Crippen molar-refractivity contribution in [3.63, 3.8) is 0 Å². The van der Waals surface area contributed by atoms with Crippen LogP contribution in [0.15, 0.2) is 48.5 Å². The Morgan fingerprint density at radius 3 is 2.48 bits per heavy atom. The summed E-state index contributed by atoms with van der Waals surface area (Å²) in [6.45, 7) is 3.74. The van der Waals surface area contributed by atoms with Gasteiger partial charge in [-0.25, -0.2) is 4.98 Å². The third kappa shape index (κ3) is 3.47.